The van der Waals surface area contributed by atoms with Crippen LogP contribution >= 0.6 is 23.2 Å². The second-order valence-corrected chi connectivity index (χ2v) is 8.47. The van der Waals surface area contributed by atoms with Gasteiger partial charge in [0.1, 0.15) is 0 Å². The first-order valence-corrected chi connectivity index (χ1v) is 10.9. The minimum absolute atomic E-state index is 0.120. The Morgan fingerprint density at radius 2 is 1.82 bits per heavy atom. The van der Waals surface area contributed by atoms with Crippen molar-refractivity contribution in [2.45, 2.75) is 20.4 Å². The lowest BCUT2D eigenvalue weighted by Crippen LogP contribution is -2.07. The predicted molar refractivity (Wildman–Crippen MR) is 126 cm³/mol. The fourth-order valence-electron chi connectivity index (χ4n) is 3.83. The monoisotopic (exact) mass is 477 g/mol. The summed E-state index contributed by atoms with van der Waals surface area (Å²) in [6, 6.07) is 13.1. The van der Waals surface area contributed by atoms with Crippen LogP contribution in [0.3, 0.4) is 0 Å². The van der Waals surface area contributed by atoms with E-state index in [1.54, 1.807) is 30.6 Å². The van der Waals surface area contributed by atoms with E-state index in [0.717, 1.165) is 27.7 Å². The highest BCUT2D eigenvalue weighted by Crippen LogP contribution is 2.31. The van der Waals surface area contributed by atoms with Crippen LogP contribution in [-0.2, 0) is 6.54 Å². The molecule has 5 rings (SSSR count). The van der Waals surface area contributed by atoms with Crippen molar-refractivity contribution >= 4 is 39.9 Å². The second kappa shape index (κ2) is 8.42. The molecule has 9 heteroatoms. The first kappa shape index (κ1) is 21.3. The molecule has 0 atom stereocenters. The van der Waals surface area contributed by atoms with E-state index in [1.165, 1.54) is 0 Å². The number of halogens is 2. The minimum atomic E-state index is -0.362. The van der Waals surface area contributed by atoms with Crippen molar-refractivity contribution in [3.8, 4) is 11.6 Å². The molecule has 0 unspecified atom stereocenters. The van der Waals surface area contributed by atoms with Gasteiger partial charge in [0.2, 0.25) is 11.6 Å². The van der Waals surface area contributed by atoms with Gasteiger partial charge < -0.3 is 9.09 Å². The molecule has 33 heavy (non-hydrogen) atoms. The molecular formula is C24H17Cl2N5O2. The van der Waals surface area contributed by atoms with Crippen molar-refractivity contribution in [3.63, 3.8) is 0 Å². The fourth-order valence-corrected chi connectivity index (χ4v) is 4.30. The van der Waals surface area contributed by atoms with Crippen molar-refractivity contribution < 1.29 is 9.32 Å². The lowest BCUT2D eigenvalue weighted by Gasteiger charge is -2.11. The first-order valence-electron chi connectivity index (χ1n) is 10.1. The zero-order chi connectivity index (χ0) is 23.1. The van der Waals surface area contributed by atoms with Crippen molar-refractivity contribution in [2.24, 2.45) is 0 Å². The molecule has 0 aliphatic heterocycles. The van der Waals surface area contributed by atoms with Crippen LogP contribution in [-0.4, -0.2) is 30.5 Å². The number of aromatic nitrogens is 5. The Kier molecular flexibility index (Phi) is 5.44. The standard InChI is InChI=1S/C24H17Cl2N5O2/c1-13-4-7-19-17(10-13)20(14(2)31(19)12-15-5-6-16(25)11-18(15)26)21(32)24-29-23(30-33-24)22-27-8-3-9-28-22/h3-11H,12H2,1-2H3. The van der Waals surface area contributed by atoms with Crippen LogP contribution in [0.4, 0.5) is 0 Å². The molecule has 0 aliphatic rings. The average molecular weight is 478 g/mol. The summed E-state index contributed by atoms with van der Waals surface area (Å²) in [4.78, 5) is 26.0. The van der Waals surface area contributed by atoms with Crippen molar-refractivity contribution in [3.05, 3.63) is 93.2 Å². The summed E-state index contributed by atoms with van der Waals surface area (Å²) in [5, 5.41) is 5.82. The van der Waals surface area contributed by atoms with Crippen molar-refractivity contribution in [1.29, 1.82) is 0 Å². The molecule has 0 amide bonds. The Balaban J connectivity index is 1.61. The van der Waals surface area contributed by atoms with Gasteiger partial charge in [0.25, 0.3) is 11.7 Å². The summed E-state index contributed by atoms with van der Waals surface area (Å²) in [5.74, 6) is -0.0403. The lowest BCUT2D eigenvalue weighted by atomic mass is 10.0. The number of rotatable bonds is 5. The predicted octanol–water partition coefficient (Wildman–Crippen LogP) is 5.68. The zero-order valence-corrected chi connectivity index (χ0v) is 19.2. The van der Waals surface area contributed by atoms with E-state index in [-0.39, 0.29) is 23.3 Å². The van der Waals surface area contributed by atoms with Gasteiger partial charge in [-0.2, -0.15) is 4.98 Å². The lowest BCUT2D eigenvalue weighted by molar-refractivity contribution is 0.0994. The molecule has 0 saturated carbocycles. The molecule has 3 heterocycles. The smallest absolute Gasteiger partial charge is 0.299 e. The Morgan fingerprint density at radius 3 is 2.58 bits per heavy atom. The number of hydrogen-bond acceptors (Lipinski definition) is 6. The van der Waals surface area contributed by atoms with Gasteiger partial charge in [-0.05, 0) is 49.7 Å². The van der Waals surface area contributed by atoms with Crippen LogP contribution in [0.1, 0.15) is 33.1 Å². The van der Waals surface area contributed by atoms with Crippen LogP contribution in [0.25, 0.3) is 22.6 Å². The third-order valence-electron chi connectivity index (χ3n) is 5.44. The van der Waals surface area contributed by atoms with Crippen LogP contribution in [0.15, 0.2) is 59.4 Å². The Morgan fingerprint density at radius 1 is 1.03 bits per heavy atom. The molecule has 2 aromatic carbocycles. The highest BCUT2D eigenvalue weighted by Gasteiger charge is 2.26. The Hall–Kier alpha value is -3.55. The maximum Gasteiger partial charge on any atom is 0.299 e. The van der Waals surface area contributed by atoms with E-state index in [2.05, 4.69) is 24.7 Å². The van der Waals surface area contributed by atoms with E-state index in [9.17, 15) is 4.79 Å². The minimum Gasteiger partial charge on any atom is -0.340 e. The molecule has 164 valence electrons. The van der Waals surface area contributed by atoms with E-state index < -0.39 is 0 Å². The SMILES string of the molecule is Cc1ccc2c(c1)c(C(=O)c1nc(-c3ncccn3)no1)c(C)n2Cc1ccc(Cl)cc1Cl. The van der Waals surface area contributed by atoms with Gasteiger partial charge in [0.15, 0.2) is 0 Å². The van der Waals surface area contributed by atoms with Gasteiger partial charge in [0.05, 0.1) is 5.56 Å². The van der Waals surface area contributed by atoms with Crippen LogP contribution in [0.5, 0.6) is 0 Å². The quantitative estimate of drug-likeness (QED) is 0.302. The summed E-state index contributed by atoms with van der Waals surface area (Å²) in [7, 11) is 0. The highest BCUT2D eigenvalue weighted by atomic mass is 35.5. The largest absolute Gasteiger partial charge is 0.340 e. The van der Waals surface area contributed by atoms with Gasteiger partial charge in [0, 0.05) is 45.6 Å². The number of fused-ring (bicyclic) bond motifs is 1. The number of carbonyl (C=O) groups excluding carboxylic acids is 1. The van der Waals surface area contributed by atoms with Crippen molar-refractivity contribution in [1.82, 2.24) is 24.7 Å². The molecule has 0 N–H and O–H groups in total. The Labute approximate surface area is 199 Å². The number of carbonyl (C=O) groups is 1. The second-order valence-electron chi connectivity index (χ2n) is 7.63. The van der Waals surface area contributed by atoms with Gasteiger partial charge in [-0.25, -0.2) is 9.97 Å². The third-order valence-corrected chi connectivity index (χ3v) is 6.02. The van der Waals surface area contributed by atoms with E-state index >= 15 is 0 Å². The number of hydrogen-bond donors (Lipinski definition) is 0. The number of aryl methyl sites for hydroxylation is 1. The zero-order valence-electron chi connectivity index (χ0n) is 17.7. The third kappa shape index (κ3) is 3.90. The molecule has 0 aliphatic carbocycles. The van der Waals surface area contributed by atoms with Crippen molar-refractivity contribution in [2.75, 3.05) is 0 Å². The van der Waals surface area contributed by atoms with Crippen LogP contribution in [0.2, 0.25) is 10.0 Å². The molecule has 0 fully saturated rings. The molecule has 0 bridgehead atoms. The average Bonchev–Trinajstić information content (AvgIpc) is 3.39. The summed E-state index contributed by atoms with van der Waals surface area (Å²) in [5.41, 5.74) is 4.09. The maximum atomic E-state index is 13.5. The van der Waals surface area contributed by atoms with Crippen LogP contribution < -0.4 is 0 Å². The van der Waals surface area contributed by atoms with Gasteiger partial charge in [-0.15, -0.1) is 0 Å². The van der Waals surface area contributed by atoms with Crippen LogP contribution in [0, 0.1) is 13.8 Å². The molecule has 5 aromatic rings. The van der Waals surface area contributed by atoms with Gasteiger partial charge in [-0.1, -0.05) is 46.1 Å². The number of benzene rings is 2. The molecular weight excluding hydrogens is 461 g/mol. The van der Waals surface area contributed by atoms with E-state index in [0.29, 0.717) is 22.2 Å². The number of nitrogens with zero attached hydrogens (tertiary/aromatic N) is 5. The highest BCUT2D eigenvalue weighted by molar-refractivity contribution is 6.35. The van der Waals surface area contributed by atoms with Gasteiger partial charge in [-0.3, -0.25) is 4.79 Å². The topological polar surface area (TPSA) is 86.7 Å². The summed E-state index contributed by atoms with van der Waals surface area (Å²) in [6.07, 6.45) is 3.14. The molecule has 7 nitrogen and oxygen atoms in total. The van der Waals surface area contributed by atoms with Gasteiger partial charge >= 0.3 is 0 Å². The maximum absolute atomic E-state index is 13.5. The molecule has 3 aromatic heterocycles. The van der Waals surface area contributed by atoms with E-state index in [4.69, 9.17) is 27.7 Å². The summed E-state index contributed by atoms with van der Waals surface area (Å²) < 4.78 is 7.34. The normalized spacial score (nSPS) is 11.3. The van der Waals surface area contributed by atoms with E-state index in [1.807, 2.05) is 38.1 Å². The Bertz CT molecular complexity index is 1510. The number of ketones is 1. The fraction of sp³-hybridized carbons (Fsp3) is 0.125. The summed E-state index contributed by atoms with van der Waals surface area (Å²) in [6.45, 7) is 4.35. The molecule has 0 radical (unpaired) electrons. The molecule has 0 spiro atoms. The molecule has 0 saturated heterocycles. The first-order chi connectivity index (χ1) is 15.9. The summed E-state index contributed by atoms with van der Waals surface area (Å²) >= 11 is 12.5.